The minimum atomic E-state index is -3.70. The zero-order chi connectivity index (χ0) is 21.4. The molecule has 1 atom stereocenters. The van der Waals surface area contributed by atoms with Gasteiger partial charge in [-0.1, -0.05) is 18.7 Å². The van der Waals surface area contributed by atoms with E-state index in [1.54, 1.807) is 54.6 Å². The van der Waals surface area contributed by atoms with Crippen LogP contribution < -0.4 is 19.1 Å². The fourth-order valence-corrected chi connectivity index (χ4v) is 3.91. The molecule has 0 fully saturated rings. The number of carbonyl (C=O) groups is 1. The molecule has 0 aliphatic carbocycles. The summed E-state index contributed by atoms with van der Waals surface area (Å²) in [6, 6.07) is 12.4. The molecule has 0 aliphatic rings. The van der Waals surface area contributed by atoms with Gasteiger partial charge in [0.05, 0.1) is 18.6 Å². The molecule has 0 unspecified atom stereocenters. The van der Waals surface area contributed by atoms with Crippen LogP contribution in [0.2, 0.25) is 0 Å². The first kappa shape index (κ1) is 22.3. The van der Waals surface area contributed by atoms with E-state index in [0.29, 0.717) is 36.1 Å². The smallest absolute Gasteiger partial charge is 0.247 e. The zero-order valence-electron chi connectivity index (χ0n) is 16.8. The average Bonchev–Trinajstić information content (AvgIpc) is 2.67. The third-order valence-corrected chi connectivity index (χ3v) is 5.20. The van der Waals surface area contributed by atoms with Crippen molar-refractivity contribution < 1.29 is 22.7 Å². The molecule has 0 aromatic heterocycles. The van der Waals surface area contributed by atoms with Crippen molar-refractivity contribution in [2.24, 2.45) is 0 Å². The van der Waals surface area contributed by atoms with Crippen LogP contribution in [-0.2, 0) is 14.8 Å². The van der Waals surface area contributed by atoms with Crippen LogP contribution in [0.1, 0.15) is 13.8 Å². The molecule has 2 aromatic rings. The van der Waals surface area contributed by atoms with Gasteiger partial charge in [0, 0.05) is 11.8 Å². The van der Waals surface area contributed by atoms with Gasteiger partial charge < -0.3 is 14.8 Å². The Morgan fingerprint density at radius 2 is 1.86 bits per heavy atom. The number of nitrogens with zero attached hydrogens (tertiary/aromatic N) is 1. The summed E-state index contributed by atoms with van der Waals surface area (Å²) in [7, 11) is -3.70. The van der Waals surface area contributed by atoms with Crippen LogP contribution in [0.5, 0.6) is 11.5 Å². The molecule has 1 amide bonds. The Morgan fingerprint density at radius 3 is 2.45 bits per heavy atom. The van der Waals surface area contributed by atoms with E-state index < -0.39 is 22.0 Å². The highest BCUT2D eigenvalue weighted by Crippen LogP contribution is 2.25. The monoisotopic (exact) mass is 418 g/mol. The fourth-order valence-electron chi connectivity index (χ4n) is 2.73. The van der Waals surface area contributed by atoms with Crippen molar-refractivity contribution in [3.63, 3.8) is 0 Å². The largest absolute Gasteiger partial charge is 0.494 e. The van der Waals surface area contributed by atoms with Crippen LogP contribution in [0.4, 0.5) is 11.4 Å². The van der Waals surface area contributed by atoms with E-state index in [-0.39, 0.29) is 0 Å². The highest BCUT2D eigenvalue weighted by Gasteiger charge is 2.29. The number of hydrogen-bond acceptors (Lipinski definition) is 5. The standard InChI is InChI=1S/C21H26N2O5S/c1-5-14-28-20-9-7-8-17(15-20)22-21(24)16(3)23(29(4,25)26)18-10-12-19(13-11-18)27-6-2/h5,7-13,15-16H,1,6,14H2,2-4H3,(H,22,24)/t16-/m0/s1. The van der Waals surface area contributed by atoms with Gasteiger partial charge in [-0.25, -0.2) is 8.42 Å². The minimum absolute atomic E-state index is 0.341. The molecule has 1 N–H and O–H groups in total. The Kier molecular flexibility index (Phi) is 7.67. The summed E-state index contributed by atoms with van der Waals surface area (Å²) in [5.74, 6) is 0.727. The summed E-state index contributed by atoms with van der Waals surface area (Å²) in [6.07, 6.45) is 2.69. The molecule has 0 radical (unpaired) electrons. The predicted octanol–water partition coefficient (Wildman–Crippen LogP) is 3.44. The molecular formula is C21H26N2O5S. The van der Waals surface area contributed by atoms with E-state index in [1.807, 2.05) is 6.92 Å². The lowest BCUT2D eigenvalue weighted by Gasteiger charge is -2.28. The van der Waals surface area contributed by atoms with Crippen molar-refractivity contribution in [3.8, 4) is 11.5 Å². The number of sulfonamides is 1. The molecule has 7 nitrogen and oxygen atoms in total. The molecule has 0 saturated carbocycles. The van der Waals surface area contributed by atoms with Crippen molar-refractivity contribution in [1.82, 2.24) is 0 Å². The van der Waals surface area contributed by atoms with Crippen LogP contribution in [0.15, 0.2) is 61.2 Å². The Morgan fingerprint density at radius 1 is 1.17 bits per heavy atom. The van der Waals surface area contributed by atoms with E-state index >= 15 is 0 Å². The molecule has 0 spiro atoms. The summed E-state index contributed by atoms with van der Waals surface area (Å²) >= 11 is 0. The van der Waals surface area contributed by atoms with Crippen LogP contribution in [0.3, 0.4) is 0 Å². The Bertz CT molecular complexity index is 942. The minimum Gasteiger partial charge on any atom is -0.494 e. The van der Waals surface area contributed by atoms with E-state index in [0.717, 1.165) is 10.6 Å². The summed E-state index contributed by atoms with van der Waals surface area (Å²) in [6.45, 7) is 7.83. The number of hydrogen-bond donors (Lipinski definition) is 1. The summed E-state index contributed by atoms with van der Waals surface area (Å²) < 4.78 is 36.7. The first-order valence-corrected chi connectivity index (χ1v) is 11.0. The van der Waals surface area contributed by atoms with Gasteiger partial charge >= 0.3 is 0 Å². The van der Waals surface area contributed by atoms with E-state index in [9.17, 15) is 13.2 Å². The molecule has 0 bridgehead atoms. The quantitative estimate of drug-likeness (QED) is 0.598. The maximum Gasteiger partial charge on any atom is 0.247 e. The fraction of sp³-hybridized carbons (Fsp3) is 0.286. The van der Waals surface area contributed by atoms with Gasteiger partial charge in [0.1, 0.15) is 24.1 Å². The molecular weight excluding hydrogens is 392 g/mol. The third-order valence-electron chi connectivity index (χ3n) is 3.96. The number of rotatable bonds is 10. The first-order chi connectivity index (χ1) is 13.8. The number of ether oxygens (including phenoxy) is 2. The van der Waals surface area contributed by atoms with Gasteiger partial charge in [0.2, 0.25) is 15.9 Å². The van der Waals surface area contributed by atoms with E-state index in [2.05, 4.69) is 11.9 Å². The Labute approximate surface area is 172 Å². The van der Waals surface area contributed by atoms with Gasteiger partial charge in [0.25, 0.3) is 0 Å². The van der Waals surface area contributed by atoms with Crippen LogP contribution in [0, 0.1) is 0 Å². The van der Waals surface area contributed by atoms with Gasteiger partial charge in [0.15, 0.2) is 0 Å². The topological polar surface area (TPSA) is 84.9 Å². The van der Waals surface area contributed by atoms with Gasteiger partial charge in [-0.2, -0.15) is 0 Å². The second kappa shape index (κ2) is 9.97. The SMILES string of the molecule is C=CCOc1cccc(NC(=O)[C@H](C)N(c2ccc(OCC)cc2)S(C)(=O)=O)c1. The molecule has 0 aliphatic heterocycles. The van der Waals surface area contributed by atoms with Crippen molar-refractivity contribution >= 4 is 27.3 Å². The zero-order valence-corrected chi connectivity index (χ0v) is 17.6. The lowest BCUT2D eigenvalue weighted by molar-refractivity contribution is -0.116. The second-order valence-corrected chi connectivity index (χ2v) is 8.14. The number of nitrogens with one attached hydrogen (secondary N) is 1. The number of benzene rings is 2. The predicted molar refractivity (Wildman–Crippen MR) is 115 cm³/mol. The normalized spacial score (nSPS) is 12.0. The number of carbonyl (C=O) groups excluding carboxylic acids is 1. The summed E-state index contributed by atoms with van der Waals surface area (Å²) in [4.78, 5) is 12.8. The second-order valence-electron chi connectivity index (χ2n) is 6.28. The molecule has 2 rings (SSSR count). The van der Waals surface area contributed by atoms with Gasteiger partial charge in [-0.3, -0.25) is 9.10 Å². The highest BCUT2D eigenvalue weighted by molar-refractivity contribution is 7.92. The highest BCUT2D eigenvalue weighted by atomic mass is 32.2. The van der Waals surface area contributed by atoms with Gasteiger partial charge in [-0.05, 0) is 50.2 Å². The molecule has 2 aromatic carbocycles. The van der Waals surface area contributed by atoms with Crippen molar-refractivity contribution in [2.75, 3.05) is 29.1 Å². The molecule has 29 heavy (non-hydrogen) atoms. The van der Waals surface area contributed by atoms with Crippen LogP contribution in [-0.4, -0.2) is 39.8 Å². The number of amides is 1. The van der Waals surface area contributed by atoms with Crippen LogP contribution in [0.25, 0.3) is 0 Å². The number of anilines is 2. The van der Waals surface area contributed by atoms with E-state index in [4.69, 9.17) is 9.47 Å². The lowest BCUT2D eigenvalue weighted by atomic mass is 10.2. The maximum atomic E-state index is 12.8. The van der Waals surface area contributed by atoms with Crippen molar-refractivity contribution in [1.29, 1.82) is 0 Å². The molecule has 8 heteroatoms. The average molecular weight is 419 g/mol. The Hall–Kier alpha value is -3.00. The summed E-state index contributed by atoms with van der Waals surface area (Å²) in [5, 5.41) is 2.74. The lowest BCUT2D eigenvalue weighted by Crippen LogP contribution is -2.45. The molecule has 156 valence electrons. The van der Waals surface area contributed by atoms with Crippen molar-refractivity contribution in [2.45, 2.75) is 19.9 Å². The Balaban J connectivity index is 2.22. The van der Waals surface area contributed by atoms with Crippen LogP contribution >= 0.6 is 0 Å². The molecule has 0 saturated heterocycles. The first-order valence-electron chi connectivity index (χ1n) is 9.13. The molecule has 0 heterocycles. The van der Waals surface area contributed by atoms with Gasteiger partial charge in [-0.15, -0.1) is 0 Å². The third kappa shape index (κ3) is 6.25. The summed E-state index contributed by atoms with van der Waals surface area (Å²) in [5.41, 5.74) is 0.880. The van der Waals surface area contributed by atoms with E-state index in [1.165, 1.54) is 6.92 Å². The maximum absolute atomic E-state index is 12.8. The van der Waals surface area contributed by atoms with Crippen molar-refractivity contribution in [3.05, 3.63) is 61.2 Å².